The third-order valence-corrected chi connectivity index (χ3v) is 7.71. The van der Waals surface area contributed by atoms with E-state index >= 15 is 0 Å². The van der Waals surface area contributed by atoms with Gasteiger partial charge in [0, 0.05) is 5.69 Å². The van der Waals surface area contributed by atoms with Gasteiger partial charge in [-0.3, -0.25) is 19.3 Å². The van der Waals surface area contributed by atoms with Gasteiger partial charge in [-0.15, -0.1) is 0 Å². The summed E-state index contributed by atoms with van der Waals surface area (Å²) in [5.74, 6) is -3.28. The van der Waals surface area contributed by atoms with Crippen molar-refractivity contribution in [1.29, 1.82) is 5.26 Å². The molecular weight excluding hydrogens is 507 g/mol. The Kier molecular flexibility index (Phi) is 6.61. The maximum atomic E-state index is 13.9. The summed E-state index contributed by atoms with van der Waals surface area (Å²) >= 11 is 1.01. The number of hydrogen-bond donors (Lipinski definition) is 2. The first-order chi connectivity index (χ1) is 18.3. The quantitative estimate of drug-likeness (QED) is 0.477. The van der Waals surface area contributed by atoms with Crippen LogP contribution in [-0.2, 0) is 19.1 Å². The molecule has 0 bridgehead atoms. The summed E-state index contributed by atoms with van der Waals surface area (Å²) in [5.41, 5.74) is 7.34. The number of thioether (sulfide) groups is 1. The van der Waals surface area contributed by atoms with Crippen molar-refractivity contribution >= 4 is 46.0 Å². The first kappa shape index (κ1) is 25.0. The molecule has 2 atom stereocenters. The van der Waals surface area contributed by atoms with Crippen LogP contribution in [0.4, 0.5) is 10.1 Å². The summed E-state index contributed by atoms with van der Waals surface area (Å²) in [4.78, 5) is 40.3. The number of nitriles is 1. The summed E-state index contributed by atoms with van der Waals surface area (Å²) in [7, 11) is 1.22. The number of anilines is 1. The number of nitrogens with one attached hydrogen (secondary N) is 1. The number of carbonyl (C=O) groups excluding carboxylic acids is 3. The molecule has 0 spiro atoms. The number of esters is 1. The third-order valence-electron chi connectivity index (χ3n) is 6.43. The molecule has 1 saturated heterocycles. The molecule has 0 radical (unpaired) electrons. The van der Waals surface area contributed by atoms with E-state index in [-0.39, 0.29) is 28.4 Å². The maximum Gasteiger partial charge on any atom is 0.307 e. The lowest BCUT2D eigenvalue weighted by Crippen LogP contribution is -2.39. The van der Waals surface area contributed by atoms with Gasteiger partial charge < -0.3 is 15.8 Å². The molecule has 3 N–H and O–H groups in total. The average molecular weight is 529 g/mol. The first-order valence-electron chi connectivity index (χ1n) is 11.6. The van der Waals surface area contributed by atoms with Gasteiger partial charge >= 0.3 is 5.97 Å². The summed E-state index contributed by atoms with van der Waals surface area (Å²) in [5, 5.41) is 14.2. The van der Waals surface area contributed by atoms with Crippen molar-refractivity contribution in [2.45, 2.75) is 17.6 Å². The number of carbonyl (C=O) groups is 3. The number of fused-ring (bicyclic) bond motifs is 2. The molecule has 2 amide bonds. The molecule has 38 heavy (non-hydrogen) atoms. The predicted octanol–water partition coefficient (Wildman–Crippen LogP) is 4.13. The van der Waals surface area contributed by atoms with Crippen LogP contribution < -0.4 is 11.1 Å². The van der Waals surface area contributed by atoms with E-state index in [9.17, 15) is 24.0 Å². The predicted molar refractivity (Wildman–Crippen MR) is 140 cm³/mol. The highest BCUT2D eigenvalue weighted by atomic mass is 32.2. The molecule has 3 aromatic carbocycles. The van der Waals surface area contributed by atoms with Gasteiger partial charge in [-0.1, -0.05) is 54.2 Å². The summed E-state index contributed by atoms with van der Waals surface area (Å²) in [6.07, 6.45) is -0.240. The zero-order valence-corrected chi connectivity index (χ0v) is 20.9. The minimum absolute atomic E-state index is 0.0308. The Labute approximate surface area is 221 Å². The molecule has 3 aromatic rings. The largest absolute Gasteiger partial charge is 0.469 e. The number of rotatable bonds is 5. The van der Waals surface area contributed by atoms with E-state index in [2.05, 4.69) is 5.32 Å². The third kappa shape index (κ3) is 4.37. The fourth-order valence-electron chi connectivity index (χ4n) is 4.60. The molecular formula is C28H21FN4O4S. The molecule has 0 aliphatic carbocycles. The Morgan fingerprint density at radius 1 is 1.13 bits per heavy atom. The van der Waals surface area contributed by atoms with E-state index in [4.69, 9.17) is 10.5 Å². The van der Waals surface area contributed by atoms with E-state index in [0.29, 0.717) is 11.3 Å². The van der Waals surface area contributed by atoms with Crippen molar-refractivity contribution in [3.8, 4) is 6.07 Å². The van der Waals surface area contributed by atoms with Crippen LogP contribution in [0.25, 0.3) is 10.8 Å². The number of nitrogens with zero attached hydrogens (tertiary/aromatic N) is 2. The fraction of sp³-hybridized carbons (Fsp3) is 0.143. The van der Waals surface area contributed by atoms with Gasteiger partial charge in [0.25, 0.3) is 5.91 Å². The Hall–Kier alpha value is -4.62. The molecule has 2 heterocycles. The second-order valence-corrected chi connectivity index (χ2v) is 9.88. The second kappa shape index (κ2) is 10.0. The van der Waals surface area contributed by atoms with Crippen LogP contribution in [-0.4, -0.2) is 35.0 Å². The lowest BCUT2D eigenvalue weighted by molar-refractivity contribution is -0.142. The van der Waals surface area contributed by atoms with Gasteiger partial charge in [-0.25, -0.2) is 4.39 Å². The Balaban J connectivity index is 1.63. The zero-order chi connectivity index (χ0) is 27.0. The monoisotopic (exact) mass is 528 g/mol. The number of allylic oxidation sites excluding steroid dienone is 1. The van der Waals surface area contributed by atoms with Crippen molar-refractivity contribution < 1.29 is 23.5 Å². The van der Waals surface area contributed by atoms with E-state index < -0.39 is 34.8 Å². The van der Waals surface area contributed by atoms with Crippen LogP contribution in [0, 0.1) is 17.1 Å². The van der Waals surface area contributed by atoms with Gasteiger partial charge in [-0.05, 0) is 40.6 Å². The normalized spacial score (nSPS) is 18.9. The highest BCUT2D eigenvalue weighted by Crippen LogP contribution is 2.50. The average Bonchev–Trinajstić information content (AvgIpc) is 3.24. The van der Waals surface area contributed by atoms with Gasteiger partial charge in [0.1, 0.15) is 16.9 Å². The highest BCUT2D eigenvalue weighted by Gasteiger charge is 2.48. The van der Waals surface area contributed by atoms with E-state index in [1.54, 1.807) is 6.07 Å². The molecule has 190 valence electrons. The van der Waals surface area contributed by atoms with Crippen LogP contribution in [0.3, 0.4) is 0 Å². The molecule has 0 aromatic heterocycles. The van der Waals surface area contributed by atoms with E-state index in [1.807, 2.05) is 42.5 Å². The lowest BCUT2D eigenvalue weighted by Gasteiger charge is -2.32. The first-order valence-corrected chi connectivity index (χ1v) is 12.5. The Morgan fingerprint density at radius 3 is 2.53 bits per heavy atom. The van der Waals surface area contributed by atoms with Gasteiger partial charge in [-0.2, -0.15) is 5.26 Å². The van der Waals surface area contributed by atoms with E-state index in [1.165, 1.54) is 31.4 Å². The number of amides is 2. The van der Waals surface area contributed by atoms with Gasteiger partial charge in [0.05, 0.1) is 41.7 Å². The molecule has 2 aliphatic heterocycles. The van der Waals surface area contributed by atoms with Crippen molar-refractivity contribution in [1.82, 2.24) is 4.90 Å². The summed E-state index contributed by atoms with van der Waals surface area (Å²) < 4.78 is 18.5. The van der Waals surface area contributed by atoms with E-state index in [0.717, 1.165) is 27.4 Å². The van der Waals surface area contributed by atoms with Crippen LogP contribution in [0.2, 0.25) is 0 Å². The molecule has 8 nitrogen and oxygen atoms in total. The van der Waals surface area contributed by atoms with Crippen LogP contribution in [0.5, 0.6) is 0 Å². The fourth-order valence-corrected chi connectivity index (χ4v) is 5.92. The molecule has 2 aliphatic rings. The molecule has 0 saturated carbocycles. The zero-order valence-electron chi connectivity index (χ0n) is 20.1. The van der Waals surface area contributed by atoms with Crippen molar-refractivity contribution in [2.75, 3.05) is 12.4 Å². The number of halogens is 1. The van der Waals surface area contributed by atoms with Crippen LogP contribution in [0.15, 0.2) is 88.7 Å². The lowest BCUT2D eigenvalue weighted by atomic mass is 9.82. The van der Waals surface area contributed by atoms with Gasteiger partial charge in [0.2, 0.25) is 5.91 Å². The van der Waals surface area contributed by atoms with Crippen LogP contribution >= 0.6 is 11.8 Å². The number of hydrogen-bond acceptors (Lipinski definition) is 7. The summed E-state index contributed by atoms with van der Waals surface area (Å²) in [6, 6.07) is 20.5. The minimum Gasteiger partial charge on any atom is -0.469 e. The number of ether oxygens (including phenoxy) is 1. The maximum absolute atomic E-state index is 13.9. The SMILES string of the molecule is COC(=O)C[C@@H]1SC2=C(C(=O)Nc3ccc4ccccc4c3)[C@@H](c3ccc(F)cc3)C(C#N)=C(N)N2C1=O. The number of nitrogens with two attached hydrogens (primary N) is 1. The summed E-state index contributed by atoms with van der Waals surface area (Å²) in [6.45, 7) is 0. The number of benzene rings is 3. The van der Waals surface area contributed by atoms with Crippen molar-refractivity contribution in [3.63, 3.8) is 0 Å². The smallest absolute Gasteiger partial charge is 0.307 e. The van der Waals surface area contributed by atoms with Crippen molar-refractivity contribution in [3.05, 3.63) is 100 Å². The minimum atomic E-state index is -0.968. The molecule has 5 rings (SSSR count). The molecule has 10 heteroatoms. The topological polar surface area (TPSA) is 126 Å². The van der Waals surface area contributed by atoms with Gasteiger partial charge in [0.15, 0.2) is 0 Å². The van der Waals surface area contributed by atoms with Crippen LogP contribution in [0.1, 0.15) is 17.9 Å². The Bertz CT molecular complexity index is 1590. The number of methoxy groups -OCH3 is 1. The molecule has 0 unspecified atom stereocenters. The molecule has 1 fully saturated rings. The second-order valence-electron chi connectivity index (χ2n) is 8.69. The highest BCUT2D eigenvalue weighted by molar-refractivity contribution is 8.04. The standard InChI is InChI=1S/C28H21FN4O4S/c1-37-22(34)13-21-27(36)33-25(31)20(14-30)23(16-6-9-18(29)10-7-16)24(28(33)38-21)26(35)32-19-11-8-15-4-2-3-5-17(15)12-19/h2-12,21,23H,13,31H2,1H3,(H,32,35)/t21-,23-/m0/s1. The van der Waals surface area contributed by atoms with Crippen molar-refractivity contribution in [2.24, 2.45) is 5.73 Å². The Morgan fingerprint density at radius 2 is 1.84 bits per heavy atom.